The predicted octanol–water partition coefficient (Wildman–Crippen LogP) is 8.49. The standard InChI is InChI=1S/C40H63N7O6/c1-5-7-9-11-13-15-17-19-21-23-29-45(34-31-35(48)43(3)39(50)41-34)32-25-27-33(28-26-32)46(30-24-22-20-18-16-14-12-10-8-6-2)37-36(47(52)53)38(49)44(4)40(51)42-37/h25-28,31H,5-24,29-30H2,1-4H3,(H,41,50)(H,42,51). The number of benzene rings is 1. The third-order valence-corrected chi connectivity index (χ3v) is 10.1. The molecule has 0 unspecified atom stereocenters. The van der Waals surface area contributed by atoms with Crippen LogP contribution < -0.4 is 32.3 Å². The molecule has 0 aliphatic rings. The fourth-order valence-electron chi connectivity index (χ4n) is 6.73. The SMILES string of the molecule is CCCCCCCCCCCCN(c1ccc(N(CCCCCCCCCCCC)c2[nH]c(=O)n(C)c(=O)c2[N+](=O)[O-])cc1)c1cc(=O)n(C)c(=O)[nH]1. The molecule has 0 spiro atoms. The van der Waals surface area contributed by atoms with Gasteiger partial charge in [0.15, 0.2) is 0 Å². The number of nitrogens with zero attached hydrogens (tertiary/aromatic N) is 5. The molecule has 53 heavy (non-hydrogen) atoms. The van der Waals surface area contributed by atoms with Gasteiger partial charge in [0.05, 0.1) is 4.92 Å². The van der Waals surface area contributed by atoms with Gasteiger partial charge in [-0.2, -0.15) is 0 Å². The van der Waals surface area contributed by atoms with Crippen LogP contribution in [-0.2, 0) is 14.1 Å². The highest BCUT2D eigenvalue weighted by Gasteiger charge is 2.28. The zero-order valence-electron chi connectivity index (χ0n) is 32.6. The van der Waals surface area contributed by atoms with Crippen molar-refractivity contribution in [3.63, 3.8) is 0 Å². The number of unbranched alkanes of at least 4 members (excludes halogenated alkanes) is 18. The fraction of sp³-hybridized carbons (Fsp3) is 0.650. The minimum atomic E-state index is -0.976. The van der Waals surface area contributed by atoms with Crippen molar-refractivity contribution in [2.75, 3.05) is 22.9 Å². The average Bonchev–Trinajstić information content (AvgIpc) is 3.14. The van der Waals surface area contributed by atoms with Gasteiger partial charge in [-0.3, -0.25) is 38.8 Å². The summed E-state index contributed by atoms with van der Waals surface area (Å²) in [5, 5.41) is 12.2. The number of nitrogens with one attached hydrogen (secondary N) is 2. The van der Waals surface area contributed by atoms with Crippen LogP contribution in [0, 0.1) is 10.1 Å². The first kappa shape index (κ1) is 43.0. The van der Waals surface area contributed by atoms with Crippen LogP contribution in [0.1, 0.15) is 142 Å². The van der Waals surface area contributed by atoms with E-state index >= 15 is 0 Å². The van der Waals surface area contributed by atoms with Gasteiger partial charge >= 0.3 is 22.6 Å². The maximum Gasteiger partial charge on any atom is 0.374 e. The highest BCUT2D eigenvalue weighted by atomic mass is 16.6. The van der Waals surface area contributed by atoms with Crippen LogP contribution >= 0.6 is 0 Å². The van der Waals surface area contributed by atoms with Gasteiger partial charge in [-0.1, -0.05) is 129 Å². The quantitative estimate of drug-likeness (QED) is 0.0448. The second-order valence-corrected chi connectivity index (χ2v) is 14.3. The van der Waals surface area contributed by atoms with E-state index in [1.54, 1.807) is 17.0 Å². The highest BCUT2D eigenvalue weighted by Crippen LogP contribution is 2.32. The summed E-state index contributed by atoms with van der Waals surface area (Å²) in [6, 6.07) is 8.65. The summed E-state index contributed by atoms with van der Waals surface area (Å²) in [5.41, 5.74) is -2.05. The van der Waals surface area contributed by atoms with E-state index in [4.69, 9.17) is 0 Å². The molecule has 13 heteroatoms. The first-order chi connectivity index (χ1) is 25.6. The van der Waals surface area contributed by atoms with Gasteiger partial charge in [-0.25, -0.2) is 9.59 Å². The van der Waals surface area contributed by atoms with Crippen LogP contribution in [0.2, 0.25) is 0 Å². The van der Waals surface area contributed by atoms with Crippen molar-refractivity contribution in [3.05, 3.63) is 82.1 Å². The Morgan fingerprint density at radius 2 is 0.981 bits per heavy atom. The van der Waals surface area contributed by atoms with Crippen molar-refractivity contribution in [2.45, 2.75) is 142 Å². The second-order valence-electron chi connectivity index (χ2n) is 14.3. The van der Waals surface area contributed by atoms with E-state index < -0.39 is 33.1 Å². The summed E-state index contributed by atoms with van der Waals surface area (Å²) in [5.74, 6) is 0.236. The Morgan fingerprint density at radius 3 is 1.42 bits per heavy atom. The molecule has 0 aliphatic heterocycles. The molecule has 13 nitrogen and oxygen atoms in total. The summed E-state index contributed by atoms with van der Waals surface area (Å²) in [7, 11) is 2.64. The van der Waals surface area contributed by atoms with Crippen LogP contribution in [0.3, 0.4) is 0 Å². The molecule has 0 amide bonds. The Bertz CT molecular complexity index is 1740. The van der Waals surface area contributed by atoms with Gasteiger partial charge in [-0.15, -0.1) is 0 Å². The van der Waals surface area contributed by atoms with Crippen molar-refractivity contribution in [1.29, 1.82) is 0 Å². The minimum absolute atomic E-state index is 0.148. The number of anilines is 4. The monoisotopic (exact) mass is 737 g/mol. The Balaban J connectivity index is 1.83. The van der Waals surface area contributed by atoms with Gasteiger partial charge in [0, 0.05) is 44.6 Å². The third-order valence-electron chi connectivity index (χ3n) is 10.1. The number of hydrogen-bond donors (Lipinski definition) is 2. The lowest BCUT2D eigenvalue weighted by molar-refractivity contribution is -0.386. The number of aromatic nitrogens is 4. The number of rotatable bonds is 27. The highest BCUT2D eigenvalue weighted by molar-refractivity contribution is 5.70. The van der Waals surface area contributed by atoms with Crippen LogP contribution in [0.5, 0.6) is 0 Å². The summed E-state index contributed by atoms with van der Waals surface area (Å²) in [4.78, 5) is 71.3. The topological polar surface area (TPSA) is 159 Å². The molecule has 0 radical (unpaired) electrons. The van der Waals surface area contributed by atoms with Gasteiger partial charge in [0.25, 0.3) is 5.56 Å². The first-order valence-electron chi connectivity index (χ1n) is 20.0. The summed E-state index contributed by atoms with van der Waals surface area (Å²) < 4.78 is 1.73. The molecule has 2 N–H and O–H groups in total. The molecule has 0 saturated heterocycles. The number of H-pyrrole nitrogens is 2. The van der Waals surface area contributed by atoms with Gasteiger partial charge in [-0.05, 0) is 37.1 Å². The van der Waals surface area contributed by atoms with Gasteiger partial charge in [0.1, 0.15) is 5.82 Å². The fourth-order valence-corrected chi connectivity index (χ4v) is 6.73. The largest absolute Gasteiger partial charge is 0.374 e. The molecule has 0 atom stereocenters. The third kappa shape index (κ3) is 13.5. The zero-order valence-corrected chi connectivity index (χ0v) is 32.6. The van der Waals surface area contributed by atoms with Crippen LogP contribution in [0.25, 0.3) is 0 Å². The molecule has 0 saturated carbocycles. The molecular weight excluding hydrogens is 674 g/mol. The van der Waals surface area contributed by atoms with Gasteiger partial charge in [0.2, 0.25) is 5.82 Å². The van der Waals surface area contributed by atoms with E-state index in [-0.39, 0.29) is 5.82 Å². The van der Waals surface area contributed by atoms with E-state index in [2.05, 4.69) is 23.8 Å². The smallest absolute Gasteiger partial charge is 0.328 e. The van der Waals surface area contributed by atoms with Gasteiger partial charge < -0.3 is 9.80 Å². The minimum Gasteiger partial charge on any atom is -0.328 e. The normalized spacial score (nSPS) is 11.2. The van der Waals surface area contributed by atoms with Crippen LogP contribution in [0.15, 0.2) is 49.5 Å². The summed E-state index contributed by atoms with van der Waals surface area (Å²) in [6.07, 6.45) is 22.9. The maximum atomic E-state index is 13.0. The molecule has 0 bridgehead atoms. The van der Waals surface area contributed by atoms with Crippen LogP contribution in [0.4, 0.5) is 28.7 Å². The molecule has 0 aliphatic carbocycles. The number of nitro groups is 1. The molecule has 3 aromatic rings. The average molecular weight is 738 g/mol. The molecule has 294 valence electrons. The van der Waals surface area contributed by atoms with E-state index in [0.717, 1.165) is 48.8 Å². The van der Waals surface area contributed by atoms with Crippen molar-refractivity contribution < 1.29 is 4.92 Å². The molecule has 2 aromatic heterocycles. The molecule has 2 heterocycles. The Hall–Kier alpha value is -4.42. The molecule has 1 aromatic carbocycles. The molecule has 3 rings (SSSR count). The van der Waals surface area contributed by atoms with E-state index in [1.165, 1.54) is 104 Å². The first-order valence-corrected chi connectivity index (χ1v) is 20.0. The lowest BCUT2D eigenvalue weighted by Crippen LogP contribution is -2.37. The molecular formula is C40H63N7O6. The lowest BCUT2D eigenvalue weighted by Gasteiger charge is -2.27. The van der Waals surface area contributed by atoms with Crippen molar-refractivity contribution >= 4 is 28.7 Å². The summed E-state index contributed by atoms with van der Waals surface area (Å²) in [6.45, 7) is 5.35. The number of aromatic amines is 2. The summed E-state index contributed by atoms with van der Waals surface area (Å²) >= 11 is 0. The Morgan fingerprint density at radius 1 is 0.585 bits per heavy atom. The van der Waals surface area contributed by atoms with Crippen molar-refractivity contribution in [2.24, 2.45) is 14.1 Å². The van der Waals surface area contributed by atoms with Crippen LogP contribution in [-0.4, -0.2) is 37.1 Å². The second kappa shape index (κ2) is 23.3. The number of hydrogen-bond acceptors (Lipinski definition) is 8. The maximum absolute atomic E-state index is 13.0. The zero-order chi connectivity index (χ0) is 38.6. The predicted molar refractivity (Wildman–Crippen MR) is 215 cm³/mol. The Kier molecular flexibility index (Phi) is 18.9. The van der Waals surface area contributed by atoms with E-state index in [0.29, 0.717) is 35.6 Å². The Labute approximate surface area is 313 Å². The van der Waals surface area contributed by atoms with Crippen molar-refractivity contribution in [1.82, 2.24) is 19.1 Å². The van der Waals surface area contributed by atoms with E-state index in [1.807, 2.05) is 17.0 Å². The lowest BCUT2D eigenvalue weighted by atomic mass is 10.1. The van der Waals surface area contributed by atoms with E-state index in [9.17, 15) is 29.3 Å². The molecule has 0 fully saturated rings. The van der Waals surface area contributed by atoms with Crippen molar-refractivity contribution in [3.8, 4) is 0 Å².